The van der Waals surface area contributed by atoms with Gasteiger partial charge in [-0.2, -0.15) is 0 Å². The summed E-state index contributed by atoms with van der Waals surface area (Å²) in [5.41, 5.74) is 6.67. The minimum atomic E-state index is 0.495. The number of nitrogens with zero attached hydrogens (tertiary/aromatic N) is 1. The van der Waals surface area contributed by atoms with Crippen molar-refractivity contribution in [3.63, 3.8) is 0 Å². The maximum absolute atomic E-state index is 5.67. The summed E-state index contributed by atoms with van der Waals surface area (Å²) < 4.78 is 0. The minimum absolute atomic E-state index is 0.495. The van der Waals surface area contributed by atoms with Crippen LogP contribution in [0.2, 0.25) is 5.02 Å². The molecule has 0 unspecified atom stereocenters. The first kappa shape index (κ1) is 10.2. The van der Waals surface area contributed by atoms with Crippen molar-refractivity contribution in [3.8, 4) is 11.8 Å². The molecule has 1 rings (SSSR count). The van der Waals surface area contributed by atoms with Crippen LogP contribution in [0.3, 0.4) is 0 Å². The fourth-order valence-electron chi connectivity index (χ4n) is 0.753. The van der Waals surface area contributed by atoms with Crippen LogP contribution in [-0.4, -0.2) is 10.9 Å². The van der Waals surface area contributed by atoms with E-state index in [0.717, 1.165) is 0 Å². The Bertz CT molecular complexity index is 352. The van der Waals surface area contributed by atoms with Crippen molar-refractivity contribution in [3.05, 3.63) is 23.0 Å². The Morgan fingerprint density at radius 1 is 1.54 bits per heavy atom. The molecule has 0 amide bonds. The summed E-state index contributed by atoms with van der Waals surface area (Å²) in [5, 5.41) is 0.514. The van der Waals surface area contributed by atoms with Crippen LogP contribution >= 0.6 is 23.2 Å². The van der Waals surface area contributed by atoms with Crippen LogP contribution in [0.25, 0.3) is 0 Å². The molecule has 1 aromatic rings. The molecule has 0 atom stereocenters. The van der Waals surface area contributed by atoms with Crippen molar-refractivity contribution in [2.24, 2.45) is 0 Å². The van der Waals surface area contributed by atoms with E-state index in [9.17, 15) is 0 Å². The summed E-state index contributed by atoms with van der Waals surface area (Å²) in [4.78, 5) is 3.98. The highest BCUT2D eigenvalue weighted by Gasteiger charge is 1.96. The smallest absolute Gasteiger partial charge is 0.136 e. The summed E-state index contributed by atoms with van der Waals surface area (Å²) in [5.74, 6) is 6.17. The zero-order valence-corrected chi connectivity index (χ0v) is 8.36. The number of alkyl halides is 1. The number of nitrogen functional groups attached to an aromatic ring is 1. The molecule has 2 nitrogen and oxygen atoms in total. The van der Waals surface area contributed by atoms with Crippen molar-refractivity contribution in [2.75, 3.05) is 11.6 Å². The molecular formula is C9H8Cl2N2. The summed E-state index contributed by atoms with van der Waals surface area (Å²) in [7, 11) is 0. The van der Waals surface area contributed by atoms with Crippen LogP contribution in [0.5, 0.6) is 0 Å². The van der Waals surface area contributed by atoms with E-state index >= 15 is 0 Å². The molecule has 0 aromatic carbocycles. The van der Waals surface area contributed by atoms with E-state index in [4.69, 9.17) is 28.9 Å². The molecule has 0 spiro atoms. The average Bonchev–Trinajstić information content (AvgIpc) is 2.09. The number of hydrogen-bond donors (Lipinski definition) is 1. The van der Waals surface area contributed by atoms with Crippen LogP contribution in [-0.2, 0) is 0 Å². The van der Waals surface area contributed by atoms with Gasteiger partial charge in [-0.3, -0.25) is 0 Å². The average molecular weight is 215 g/mol. The van der Waals surface area contributed by atoms with Crippen molar-refractivity contribution >= 4 is 28.9 Å². The molecule has 2 N–H and O–H groups in total. The summed E-state index contributed by atoms with van der Waals surface area (Å²) in [6.45, 7) is 0. The Balaban J connectivity index is 2.85. The second-order valence-corrected chi connectivity index (χ2v) is 3.15. The third-order valence-corrected chi connectivity index (χ3v) is 1.71. The Morgan fingerprint density at radius 2 is 2.31 bits per heavy atom. The van der Waals surface area contributed by atoms with Crippen LogP contribution in [0.4, 0.5) is 5.69 Å². The van der Waals surface area contributed by atoms with E-state index < -0.39 is 0 Å². The van der Waals surface area contributed by atoms with Crippen molar-refractivity contribution in [2.45, 2.75) is 6.42 Å². The SMILES string of the molecule is Nc1cc(Cl)cnc1C#CCCCl. The number of halogens is 2. The van der Waals surface area contributed by atoms with Crippen molar-refractivity contribution in [1.82, 2.24) is 4.98 Å². The van der Waals surface area contributed by atoms with Crippen molar-refractivity contribution in [1.29, 1.82) is 0 Å². The molecule has 0 aliphatic rings. The Labute approximate surface area is 87.1 Å². The standard InChI is InChI=1S/C9H8Cl2N2/c10-4-2-1-3-9-8(12)5-7(11)6-13-9/h5-6H,2,4,12H2. The predicted octanol–water partition coefficient (Wildman–Crippen LogP) is 2.30. The van der Waals surface area contributed by atoms with Crippen LogP contribution in [0.15, 0.2) is 12.3 Å². The lowest BCUT2D eigenvalue weighted by molar-refractivity contribution is 1.26. The first-order valence-corrected chi connectivity index (χ1v) is 4.61. The molecule has 0 aliphatic carbocycles. The van der Waals surface area contributed by atoms with Gasteiger partial charge in [0.2, 0.25) is 0 Å². The fraction of sp³-hybridized carbons (Fsp3) is 0.222. The highest BCUT2D eigenvalue weighted by molar-refractivity contribution is 6.30. The summed E-state index contributed by atoms with van der Waals surface area (Å²) in [6, 6.07) is 1.62. The molecule has 0 saturated carbocycles. The van der Waals surface area contributed by atoms with Gasteiger partial charge in [-0.25, -0.2) is 4.98 Å². The Hall–Kier alpha value is -0.910. The lowest BCUT2D eigenvalue weighted by Gasteiger charge is -1.96. The van der Waals surface area contributed by atoms with Gasteiger partial charge in [-0.1, -0.05) is 17.5 Å². The molecular weight excluding hydrogens is 207 g/mol. The molecule has 13 heavy (non-hydrogen) atoms. The first-order chi connectivity index (χ1) is 6.24. The minimum Gasteiger partial charge on any atom is -0.396 e. The third kappa shape index (κ3) is 3.14. The van der Waals surface area contributed by atoms with Gasteiger partial charge in [0.15, 0.2) is 0 Å². The molecule has 0 bridgehead atoms. The van der Waals surface area contributed by atoms with Gasteiger partial charge >= 0.3 is 0 Å². The molecule has 1 aromatic heterocycles. The van der Waals surface area contributed by atoms with Gasteiger partial charge < -0.3 is 5.73 Å². The number of aromatic nitrogens is 1. The van der Waals surface area contributed by atoms with Gasteiger partial charge in [-0.05, 0) is 12.0 Å². The summed E-state index contributed by atoms with van der Waals surface area (Å²) >= 11 is 11.1. The topological polar surface area (TPSA) is 38.9 Å². The van der Waals surface area contributed by atoms with Crippen molar-refractivity contribution < 1.29 is 0 Å². The number of pyridine rings is 1. The van der Waals surface area contributed by atoms with E-state index in [2.05, 4.69) is 16.8 Å². The normalized spacial score (nSPS) is 9.08. The monoisotopic (exact) mass is 214 g/mol. The molecule has 0 saturated heterocycles. The van der Waals surface area contributed by atoms with Gasteiger partial charge in [0.25, 0.3) is 0 Å². The van der Waals surface area contributed by atoms with E-state index in [0.29, 0.717) is 28.7 Å². The molecule has 0 aliphatic heterocycles. The van der Waals surface area contributed by atoms with Gasteiger partial charge in [0.1, 0.15) is 5.69 Å². The number of anilines is 1. The summed E-state index contributed by atoms with van der Waals surface area (Å²) in [6.07, 6.45) is 2.15. The van der Waals surface area contributed by atoms with Gasteiger partial charge in [0, 0.05) is 18.5 Å². The lowest BCUT2D eigenvalue weighted by atomic mass is 10.3. The maximum Gasteiger partial charge on any atom is 0.136 e. The van der Waals surface area contributed by atoms with Gasteiger partial charge in [0.05, 0.1) is 10.7 Å². The molecule has 0 radical (unpaired) electrons. The zero-order valence-electron chi connectivity index (χ0n) is 6.85. The number of nitrogens with two attached hydrogens (primary N) is 1. The van der Waals surface area contributed by atoms with E-state index in [1.54, 1.807) is 6.07 Å². The molecule has 1 heterocycles. The third-order valence-electron chi connectivity index (χ3n) is 1.31. The van der Waals surface area contributed by atoms with E-state index in [1.165, 1.54) is 6.20 Å². The number of rotatable bonds is 1. The highest BCUT2D eigenvalue weighted by atomic mass is 35.5. The van der Waals surface area contributed by atoms with Crippen LogP contribution in [0, 0.1) is 11.8 Å². The van der Waals surface area contributed by atoms with Crippen LogP contribution in [0.1, 0.15) is 12.1 Å². The zero-order chi connectivity index (χ0) is 9.68. The van der Waals surface area contributed by atoms with Gasteiger partial charge in [-0.15, -0.1) is 11.6 Å². The second-order valence-electron chi connectivity index (χ2n) is 2.33. The predicted molar refractivity (Wildman–Crippen MR) is 55.9 cm³/mol. The Morgan fingerprint density at radius 3 is 2.92 bits per heavy atom. The molecule has 0 fully saturated rings. The van der Waals surface area contributed by atoms with Crippen LogP contribution < -0.4 is 5.73 Å². The fourth-order valence-corrected chi connectivity index (χ4v) is 1.01. The molecule has 68 valence electrons. The molecule has 4 heteroatoms. The van der Waals surface area contributed by atoms with E-state index in [-0.39, 0.29) is 0 Å². The lowest BCUT2D eigenvalue weighted by Crippen LogP contribution is -1.92. The Kier molecular flexibility index (Phi) is 3.88. The maximum atomic E-state index is 5.67. The second kappa shape index (κ2) is 4.96. The number of hydrogen-bond acceptors (Lipinski definition) is 2. The first-order valence-electron chi connectivity index (χ1n) is 3.70. The highest BCUT2D eigenvalue weighted by Crippen LogP contribution is 2.13. The quantitative estimate of drug-likeness (QED) is 0.576. The van der Waals surface area contributed by atoms with E-state index in [1.807, 2.05) is 0 Å². The largest absolute Gasteiger partial charge is 0.396 e.